The molecular weight excluding hydrogens is 397 g/mol. The summed E-state index contributed by atoms with van der Waals surface area (Å²) in [5, 5.41) is 9.89. The van der Waals surface area contributed by atoms with E-state index in [1.165, 1.54) is 6.26 Å². The molecule has 0 fully saturated rings. The Morgan fingerprint density at radius 2 is 2.14 bits per heavy atom. The topological polar surface area (TPSA) is 82.8 Å². The quantitative estimate of drug-likeness (QED) is 0.427. The van der Waals surface area contributed by atoms with Crippen molar-refractivity contribution in [3.05, 3.63) is 18.0 Å². The van der Waals surface area contributed by atoms with E-state index in [1.807, 2.05) is 34.7 Å². The molecule has 7 nitrogen and oxygen atoms in total. The van der Waals surface area contributed by atoms with Crippen LogP contribution in [0.5, 0.6) is 0 Å². The number of guanidine groups is 1. The summed E-state index contributed by atoms with van der Waals surface area (Å²) in [7, 11) is 1.83. The van der Waals surface area contributed by atoms with Crippen LogP contribution in [0.25, 0.3) is 0 Å². The lowest BCUT2D eigenvalue weighted by atomic mass is 10.1. The molecule has 126 valence electrons. The highest BCUT2D eigenvalue weighted by Crippen LogP contribution is 2.00. The van der Waals surface area contributed by atoms with Crippen molar-refractivity contribution in [3.63, 3.8) is 0 Å². The largest absolute Gasteiger partial charge is 0.364 e. The molecule has 0 aliphatic heterocycles. The molecule has 0 radical (unpaired) electrons. The van der Waals surface area contributed by atoms with Gasteiger partial charge in [0.15, 0.2) is 5.96 Å². The molecule has 0 saturated heterocycles. The van der Waals surface area contributed by atoms with Crippen LogP contribution in [-0.2, 0) is 11.3 Å². The highest BCUT2D eigenvalue weighted by Gasteiger charge is 2.16. The normalized spacial score (nSPS) is 11.6. The number of likely N-dealkylation sites (N-methyl/N-ethyl adjacent to an activating group) is 1. The minimum Gasteiger partial charge on any atom is -0.364 e. The number of nitrogens with zero attached hydrogens (tertiary/aromatic N) is 3. The summed E-state index contributed by atoms with van der Waals surface area (Å²) in [6, 6.07) is 1.76. The lowest BCUT2D eigenvalue weighted by Gasteiger charge is -2.25. The number of hydrogen-bond donors (Lipinski definition) is 2. The van der Waals surface area contributed by atoms with Crippen molar-refractivity contribution in [3.8, 4) is 0 Å². The predicted molar refractivity (Wildman–Crippen MR) is 97.3 cm³/mol. The van der Waals surface area contributed by atoms with Crippen LogP contribution >= 0.6 is 24.0 Å². The van der Waals surface area contributed by atoms with E-state index in [4.69, 9.17) is 4.52 Å². The molecule has 0 aromatic carbocycles. The number of halogens is 1. The van der Waals surface area contributed by atoms with Gasteiger partial charge in [-0.25, -0.2) is 4.99 Å². The SMILES string of the molecule is CCNC(=NCc1ccon1)N(C)CC(=O)NC(C)(C)C.I. The van der Waals surface area contributed by atoms with E-state index in [-0.39, 0.29) is 42.0 Å². The standard InChI is InChI=1S/C14H25N5O2.HI/c1-6-15-13(16-9-11-7-8-21-18-11)19(5)10-12(20)17-14(2,3)4;/h7-8H,6,9-10H2,1-5H3,(H,15,16)(H,17,20);1H. The predicted octanol–water partition coefficient (Wildman–Crippen LogP) is 1.60. The van der Waals surface area contributed by atoms with Gasteiger partial charge in [0.1, 0.15) is 12.0 Å². The summed E-state index contributed by atoms with van der Waals surface area (Å²) in [6.45, 7) is 9.21. The average molecular weight is 423 g/mol. The van der Waals surface area contributed by atoms with Crippen molar-refractivity contribution in [1.29, 1.82) is 0 Å². The minimum atomic E-state index is -0.242. The van der Waals surface area contributed by atoms with Gasteiger partial charge in [0.25, 0.3) is 0 Å². The molecule has 0 aliphatic carbocycles. The second-order valence-electron chi connectivity index (χ2n) is 5.82. The van der Waals surface area contributed by atoms with Gasteiger partial charge in [-0.05, 0) is 27.7 Å². The molecule has 0 spiro atoms. The lowest BCUT2D eigenvalue weighted by molar-refractivity contribution is -0.122. The van der Waals surface area contributed by atoms with Gasteiger partial charge >= 0.3 is 0 Å². The molecule has 1 aromatic heterocycles. The molecule has 1 amide bonds. The Hall–Kier alpha value is -1.32. The van der Waals surface area contributed by atoms with Crippen LogP contribution < -0.4 is 10.6 Å². The third-order valence-corrected chi connectivity index (χ3v) is 2.47. The summed E-state index contributed by atoms with van der Waals surface area (Å²) in [5.41, 5.74) is 0.506. The number of amides is 1. The van der Waals surface area contributed by atoms with Crippen molar-refractivity contribution < 1.29 is 9.32 Å². The number of rotatable bonds is 5. The monoisotopic (exact) mass is 423 g/mol. The number of aromatic nitrogens is 1. The van der Waals surface area contributed by atoms with E-state index in [2.05, 4.69) is 20.8 Å². The maximum absolute atomic E-state index is 11.9. The fourth-order valence-electron chi connectivity index (χ4n) is 1.69. The minimum absolute atomic E-state index is 0. The van der Waals surface area contributed by atoms with E-state index in [9.17, 15) is 4.79 Å². The Balaban J connectivity index is 0.00000441. The van der Waals surface area contributed by atoms with Crippen LogP contribution in [0.4, 0.5) is 0 Å². The van der Waals surface area contributed by atoms with Crippen molar-refractivity contribution in [1.82, 2.24) is 20.7 Å². The molecule has 1 aromatic rings. The van der Waals surface area contributed by atoms with Crippen LogP contribution in [-0.4, -0.2) is 47.6 Å². The molecule has 0 bridgehead atoms. The van der Waals surface area contributed by atoms with Gasteiger partial charge in [-0.1, -0.05) is 5.16 Å². The van der Waals surface area contributed by atoms with Crippen molar-refractivity contribution in [2.45, 2.75) is 39.8 Å². The zero-order valence-electron chi connectivity index (χ0n) is 13.8. The molecule has 1 heterocycles. The van der Waals surface area contributed by atoms with Crippen molar-refractivity contribution in [2.75, 3.05) is 20.1 Å². The first-order valence-corrected chi connectivity index (χ1v) is 7.01. The Kier molecular flexibility index (Phi) is 9.07. The van der Waals surface area contributed by atoms with Crippen molar-refractivity contribution >= 4 is 35.8 Å². The Bertz CT molecular complexity index is 468. The smallest absolute Gasteiger partial charge is 0.240 e. The van der Waals surface area contributed by atoms with E-state index in [0.717, 1.165) is 12.2 Å². The zero-order valence-corrected chi connectivity index (χ0v) is 16.2. The van der Waals surface area contributed by atoms with Crippen LogP contribution in [0.3, 0.4) is 0 Å². The van der Waals surface area contributed by atoms with Gasteiger partial charge < -0.3 is 20.1 Å². The van der Waals surface area contributed by atoms with Gasteiger partial charge in [-0.2, -0.15) is 0 Å². The summed E-state index contributed by atoms with van der Waals surface area (Å²) in [4.78, 5) is 18.2. The summed E-state index contributed by atoms with van der Waals surface area (Å²) in [5.74, 6) is 0.613. The van der Waals surface area contributed by atoms with Crippen LogP contribution in [0.15, 0.2) is 21.8 Å². The first kappa shape index (κ1) is 20.7. The maximum atomic E-state index is 11.9. The fourth-order valence-corrected chi connectivity index (χ4v) is 1.69. The number of aliphatic imine (C=N–C) groups is 1. The third-order valence-electron chi connectivity index (χ3n) is 2.47. The van der Waals surface area contributed by atoms with Crippen LogP contribution in [0, 0.1) is 0 Å². The molecule has 0 aliphatic rings. The number of hydrogen-bond acceptors (Lipinski definition) is 4. The highest BCUT2D eigenvalue weighted by atomic mass is 127. The second-order valence-corrected chi connectivity index (χ2v) is 5.82. The van der Waals surface area contributed by atoms with Gasteiger partial charge in [0, 0.05) is 25.2 Å². The Morgan fingerprint density at radius 3 is 2.64 bits per heavy atom. The number of nitrogens with one attached hydrogen (secondary N) is 2. The molecule has 0 unspecified atom stereocenters. The highest BCUT2D eigenvalue weighted by molar-refractivity contribution is 14.0. The van der Waals surface area contributed by atoms with Gasteiger partial charge in [0.2, 0.25) is 5.91 Å². The van der Waals surface area contributed by atoms with Crippen molar-refractivity contribution in [2.24, 2.45) is 4.99 Å². The van der Waals surface area contributed by atoms with E-state index >= 15 is 0 Å². The van der Waals surface area contributed by atoms with Gasteiger partial charge in [-0.3, -0.25) is 4.79 Å². The lowest BCUT2D eigenvalue weighted by Crippen LogP contribution is -2.48. The van der Waals surface area contributed by atoms with Crippen LogP contribution in [0.2, 0.25) is 0 Å². The summed E-state index contributed by atoms with van der Waals surface area (Å²) < 4.78 is 4.77. The molecule has 0 saturated carbocycles. The maximum Gasteiger partial charge on any atom is 0.240 e. The summed E-state index contributed by atoms with van der Waals surface area (Å²) >= 11 is 0. The number of carbonyl (C=O) groups is 1. The molecule has 0 atom stereocenters. The van der Waals surface area contributed by atoms with Crippen LogP contribution in [0.1, 0.15) is 33.4 Å². The first-order valence-electron chi connectivity index (χ1n) is 7.01. The first-order chi connectivity index (χ1) is 9.81. The molecule has 22 heavy (non-hydrogen) atoms. The molecule has 2 N–H and O–H groups in total. The Morgan fingerprint density at radius 1 is 1.45 bits per heavy atom. The van der Waals surface area contributed by atoms with Gasteiger partial charge in [-0.15, -0.1) is 24.0 Å². The fraction of sp³-hybridized carbons (Fsp3) is 0.643. The summed E-state index contributed by atoms with van der Waals surface area (Å²) in [6.07, 6.45) is 1.51. The van der Waals surface area contributed by atoms with E-state index < -0.39 is 0 Å². The molecule has 1 rings (SSSR count). The van der Waals surface area contributed by atoms with Gasteiger partial charge in [0.05, 0.1) is 13.1 Å². The molecular formula is C14H26IN5O2. The average Bonchev–Trinajstić information content (AvgIpc) is 2.84. The third kappa shape index (κ3) is 8.20. The van der Waals surface area contributed by atoms with E-state index in [0.29, 0.717) is 12.5 Å². The number of carbonyl (C=O) groups excluding carboxylic acids is 1. The van der Waals surface area contributed by atoms with E-state index in [1.54, 1.807) is 11.0 Å². The second kappa shape index (κ2) is 9.65. The zero-order chi connectivity index (χ0) is 15.9. The molecule has 8 heteroatoms. The Labute approximate surface area is 148 Å².